The normalized spacial score (nSPS) is 16.2. The number of furan rings is 1. The molecule has 3 heteroatoms. The minimum absolute atomic E-state index is 0.0403. The number of rotatable bonds is 4. The van der Waals surface area contributed by atoms with Crippen molar-refractivity contribution in [2.45, 2.75) is 19.4 Å². The Kier molecular flexibility index (Phi) is 7.55. The van der Waals surface area contributed by atoms with Crippen LogP contribution in [0.4, 0.5) is 0 Å². The zero-order valence-corrected chi connectivity index (χ0v) is 32.8. The first-order valence-corrected chi connectivity index (χ1v) is 21.0. The maximum atomic E-state index is 6.96. The van der Waals surface area contributed by atoms with E-state index in [4.69, 9.17) is 9.41 Å². The molecule has 2 atom stereocenters. The van der Waals surface area contributed by atoms with Gasteiger partial charge in [0.25, 0.3) is 0 Å². The lowest BCUT2D eigenvalue weighted by molar-refractivity contribution is 0.487. The number of nitrogens with zero attached hydrogens (tertiary/aromatic N) is 1. The van der Waals surface area contributed by atoms with Crippen LogP contribution in [-0.2, 0) is 0 Å². The van der Waals surface area contributed by atoms with E-state index in [9.17, 15) is 0 Å². The van der Waals surface area contributed by atoms with E-state index in [1.807, 2.05) is 11.3 Å². The monoisotopic (exact) mass is 759 g/mol. The van der Waals surface area contributed by atoms with E-state index in [1.165, 1.54) is 74.8 Å². The third-order valence-electron chi connectivity index (χ3n) is 12.4. The van der Waals surface area contributed by atoms with Crippen molar-refractivity contribution in [2.75, 3.05) is 0 Å². The molecule has 9 aromatic carbocycles. The highest BCUT2D eigenvalue weighted by atomic mass is 32.1. The summed E-state index contributed by atoms with van der Waals surface area (Å²) in [7, 11) is 0. The molecule has 12 rings (SSSR count). The van der Waals surface area contributed by atoms with Crippen LogP contribution in [0.5, 0.6) is 0 Å². The molecule has 0 spiro atoms. The van der Waals surface area contributed by atoms with Gasteiger partial charge in [-0.3, -0.25) is 4.99 Å². The Bertz CT molecular complexity index is 3510. The summed E-state index contributed by atoms with van der Waals surface area (Å²) in [6, 6.07) is 64.0. The van der Waals surface area contributed by atoms with Gasteiger partial charge in [0.05, 0.1) is 11.8 Å². The smallest absolute Gasteiger partial charge is 0.143 e. The van der Waals surface area contributed by atoms with Crippen LogP contribution in [-0.4, -0.2) is 5.71 Å². The van der Waals surface area contributed by atoms with Gasteiger partial charge in [-0.1, -0.05) is 171 Å². The predicted molar refractivity (Wildman–Crippen MR) is 248 cm³/mol. The summed E-state index contributed by atoms with van der Waals surface area (Å²) in [5.41, 5.74) is 9.96. The number of benzene rings is 9. The summed E-state index contributed by atoms with van der Waals surface area (Å²) in [4.78, 5) is 5.77. The third-order valence-corrected chi connectivity index (χ3v) is 13.7. The van der Waals surface area contributed by atoms with Crippen LogP contribution in [0.3, 0.4) is 0 Å². The molecule has 2 unspecified atom stereocenters. The molecule has 0 fully saturated rings. The summed E-state index contributed by atoms with van der Waals surface area (Å²) in [6.45, 7) is 2.36. The second kappa shape index (κ2) is 13.1. The SMILES string of the molecule is CC1CC(c2ccccc2)=CC(c2cccc3oc4c(-c5cccc6c5sc5c7ccccc7ccc65)cccc4c23)=NC1c1ccc2ccc3ccccc3c2c1. The summed E-state index contributed by atoms with van der Waals surface area (Å²) in [5, 5.41) is 12.4. The molecule has 2 nitrogen and oxygen atoms in total. The Morgan fingerprint density at radius 2 is 1.16 bits per heavy atom. The molecular formula is C55H37NOS. The van der Waals surface area contributed by atoms with Gasteiger partial charge in [0, 0.05) is 47.6 Å². The average Bonchev–Trinajstić information content (AvgIpc) is 3.81. The molecule has 3 heterocycles. The van der Waals surface area contributed by atoms with Crippen molar-refractivity contribution in [1.29, 1.82) is 0 Å². The first-order chi connectivity index (χ1) is 28.7. The van der Waals surface area contributed by atoms with Gasteiger partial charge in [0.2, 0.25) is 0 Å². The van der Waals surface area contributed by atoms with Gasteiger partial charge in [-0.05, 0) is 79.6 Å². The molecule has 0 bridgehead atoms. The third kappa shape index (κ3) is 5.20. The number of hydrogen-bond donors (Lipinski definition) is 0. The second-order valence-electron chi connectivity index (χ2n) is 15.9. The summed E-state index contributed by atoms with van der Waals surface area (Å²) < 4.78 is 9.57. The Labute approximate surface area is 340 Å². The van der Waals surface area contributed by atoms with Gasteiger partial charge in [0.1, 0.15) is 11.2 Å². The summed E-state index contributed by atoms with van der Waals surface area (Å²) in [6.07, 6.45) is 3.26. The van der Waals surface area contributed by atoms with Gasteiger partial charge in [-0.2, -0.15) is 0 Å². The predicted octanol–water partition coefficient (Wildman–Crippen LogP) is 15.7. The molecule has 0 amide bonds. The van der Waals surface area contributed by atoms with Crippen molar-refractivity contribution in [3.63, 3.8) is 0 Å². The standard InChI is InChI=1S/C55H37NOS/c1-33-30-39(34-12-3-2-4-13-34)32-49(56-52(33)38-27-26-37-25-24-35-14-5-7-16-40(35)48(37)31-38)46-21-11-23-50-51(46)47-22-9-18-42(53(47)57-50)43-19-10-20-44-45-29-28-36-15-6-8-17-41(36)54(45)58-55(43)44/h2-29,31-33,52H,30H2,1H3. The number of allylic oxidation sites excluding steroid dienone is 2. The van der Waals surface area contributed by atoms with Crippen molar-refractivity contribution in [3.05, 3.63) is 199 Å². The van der Waals surface area contributed by atoms with Crippen LogP contribution in [0, 0.1) is 5.92 Å². The Balaban J connectivity index is 1.07. The van der Waals surface area contributed by atoms with Crippen molar-refractivity contribution >= 4 is 97.0 Å². The lowest BCUT2D eigenvalue weighted by Crippen LogP contribution is -2.09. The van der Waals surface area contributed by atoms with Crippen molar-refractivity contribution in [1.82, 2.24) is 0 Å². The summed E-state index contributed by atoms with van der Waals surface area (Å²) >= 11 is 1.89. The van der Waals surface area contributed by atoms with Gasteiger partial charge in [-0.25, -0.2) is 0 Å². The first-order valence-electron chi connectivity index (χ1n) is 20.2. The molecule has 58 heavy (non-hydrogen) atoms. The second-order valence-corrected chi connectivity index (χ2v) is 16.9. The van der Waals surface area contributed by atoms with E-state index < -0.39 is 0 Å². The fourth-order valence-electron chi connectivity index (χ4n) is 9.62. The molecule has 0 aliphatic carbocycles. The van der Waals surface area contributed by atoms with E-state index >= 15 is 0 Å². The molecule has 1 aliphatic rings. The van der Waals surface area contributed by atoms with E-state index in [1.54, 1.807) is 0 Å². The van der Waals surface area contributed by atoms with E-state index in [2.05, 4.69) is 189 Å². The molecule has 274 valence electrons. The molecule has 11 aromatic rings. The number of hydrogen-bond acceptors (Lipinski definition) is 3. The molecule has 0 saturated heterocycles. The Hall–Kier alpha value is -6.81. The largest absolute Gasteiger partial charge is 0.455 e. The van der Waals surface area contributed by atoms with E-state index in [0.29, 0.717) is 0 Å². The van der Waals surface area contributed by atoms with Crippen LogP contribution in [0.1, 0.15) is 36.1 Å². The van der Waals surface area contributed by atoms with Crippen molar-refractivity contribution < 1.29 is 4.42 Å². The van der Waals surface area contributed by atoms with E-state index in [0.717, 1.165) is 45.2 Å². The molecule has 2 aromatic heterocycles. The van der Waals surface area contributed by atoms with Gasteiger partial charge in [0.15, 0.2) is 0 Å². The molecule has 0 radical (unpaired) electrons. The fourth-order valence-corrected chi connectivity index (χ4v) is 11.0. The molecule has 0 N–H and O–H groups in total. The van der Waals surface area contributed by atoms with Crippen LogP contribution in [0.2, 0.25) is 0 Å². The minimum Gasteiger partial charge on any atom is -0.455 e. The summed E-state index contributed by atoms with van der Waals surface area (Å²) in [5.74, 6) is 0.266. The Morgan fingerprint density at radius 1 is 0.517 bits per heavy atom. The van der Waals surface area contributed by atoms with Crippen LogP contribution < -0.4 is 0 Å². The highest BCUT2D eigenvalue weighted by molar-refractivity contribution is 7.27. The number of aliphatic imine (C=N–C) groups is 1. The van der Waals surface area contributed by atoms with E-state index in [-0.39, 0.29) is 12.0 Å². The lowest BCUT2D eigenvalue weighted by Gasteiger charge is -2.21. The zero-order valence-electron chi connectivity index (χ0n) is 31.9. The fraction of sp³-hybridized carbons (Fsp3) is 0.0727. The highest BCUT2D eigenvalue weighted by Gasteiger charge is 2.27. The number of thiophene rings is 1. The average molecular weight is 760 g/mol. The lowest BCUT2D eigenvalue weighted by atomic mass is 9.87. The number of fused-ring (bicyclic) bond motifs is 11. The highest BCUT2D eigenvalue weighted by Crippen LogP contribution is 2.46. The van der Waals surface area contributed by atoms with Crippen LogP contribution in [0.15, 0.2) is 191 Å². The Morgan fingerprint density at radius 3 is 2.02 bits per heavy atom. The maximum absolute atomic E-state index is 6.96. The zero-order chi connectivity index (χ0) is 38.3. The van der Waals surface area contributed by atoms with Gasteiger partial charge in [-0.15, -0.1) is 11.3 Å². The maximum Gasteiger partial charge on any atom is 0.143 e. The van der Waals surface area contributed by atoms with Crippen molar-refractivity contribution in [3.8, 4) is 11.1 Å². The van der Waals surface area contributed by atoms with Crippen molar-refractivity contribution in [2.24, 2.45) is 10.9 Å². The molecule has 1 aliphatic heterocycles. The van der Waals surface area contributed by atoms with Gasteiger partial charge < -0.3 is 4.42 Å². The number of para-hydroxylation sites is 1. The molecule has 0 saturated carbocycles. The first kappa shape index (κ1) is 33.3. The topological polar surface area (TPSA) is 25.5 Å². The molecular weight excluding hydrogens is 723 g/mol. The van der Waals surface area contributed by atoms with Gasteiger partial charge >= 0.3 is 0 Å². The van der Waals surface area contributed by atoms with Crippen LogP contribution in [0.25, 0.3) is 91.1 Å². The minimum atomic E-state index is -0.0403. The van der Waals surface area contributed by atoms with Crippen LogP contribution >= 0.6 is 11.3 Å². The quantitative estimate of drug-likeness (QED) is 0.164.